The highest BCUT2D eigenvalue weighted by atomic mass is 32.2. The number of nitrogens with two attached hydrogens (primary N) is 1. The van der Waals surface area contributed by atoms with Crippen LogP contribution in [0.2, 0.25) is 13.1 Å². The van der Waals surface area contributed by atoms with E-state index in [2.05, 4.69) is 5.32 Å². The molecule has 2 saturated heterocycles. The van der Waals surface area contributed by atoms with Crippen LogP contribution in [0.15, 0.2) is 30.3 Å². The lowest BCUT2D eigenvalue weighted by atomic mass is 9.66. The number of nitrogens with one attached hydrogen (secondary N) is 1. The number of nitrogens with zero attached hydrogens (tertiary/aromatic N) is 2. The van der Waals surface area contributed by atoms with Crippen molar-refractivity contribution in [3.05, 3.63) is 35.9 Å². The molecule has 2 fully saturated rings. The van der Waals surface area contributed by atoms with Gasteiger partial charge in [0.25, 0.3) is 17.1 Å². The van der Waals surface area contributed by atoms with Gasteiger partial charge in [-0.25, -0.2) is 0 Å². The molecule has 2 aliphatic rings. The third kappa shape index (κ3) is 5.70. The van der Waals surface area contributed by atoms with E-state index in [1.165, 1.54) is 8.61 Å². The van der Waals surface area contributed by atoms with E-state index in [0.29, 0.717) is 32.0 Å². The maximum atomic E-state index is 13.8. The van der Waals surface area contributed by atoms with E-state index in [9.17, 15) is 23.3 Å². The number of carboxylic acids is 1. The highest BCUT2D eigenvalue weighted by Crippen LogP contribution is 2.34. The Hall–Kier alpha value is -1.50. The topological polar surface area (TPSA) is 136 Å². The first-order valence-corrected chi connectivity index (χ1v) is 12.8. The van der Waals surface area contributed by atoms with Crippen molar-refractivity contribution in [2.75, 3.05) is 26.2 Å². The minimum Gasteiger partial charge on any atom is -0.480 e. The molecule has 178 valence electrons. The van der Waals surface area contributed by atoms with E-state index in [-0.39, 0.29) is 25.7 Å². The van der Waals surface area contributed by atoms with Crippen molar-refractivity contribution >= 4 is 23.1 Å². The van der Waals surface area contributed by atoms with Crippen LogP contribution >= 0.6 is 0 Å². The van der Waals surface area contributed by atoms with E-state index >= 15 is 0 Å². The third-order valence-electron chi connectivity index (χ3n) is 6.68. The molecule has 0 radical (unpaired) electrons. The largest absolute Gasteiger partial charge is 0.480 e. The van der Waals surface area contributed by atoms with Crippen LogP contribution in [0.3, 0.4) is 0 Å². The predicted octanol–water partition coefficient (Wildman–Crippen LogP) is 0.593. The fraction of sp³-hybridized carbons (Fsp3) is 0.667. The zero-order valence-electron chi connectivity index (χ0n) is 18.7. The molecule has 0 unspecified atom stereocenters. The maximum absolute atomic E-state index is 13.8. The van der Waals surface area contributed by atoms with Gasteiger partial charge in [0.15, 0.2) is 0 Å². The molecular formula is C21H35BN4O5S. The SMILES string of the molecule is CB(O)CCC[C@H]1CN(S(=O)(=O)N(Cc2ccccc2)C2CCNCC2)C[C@@]1(N)C(=O)O. The van der Waals surface area contributed by atoms with Gasteiger partial charge in [0, 0.05) is 31.6 Å². The van der Waals surface area contributed by atoms with Gasteiger partial charge in [-0.05, 0) is 44.2 Å². The summed E-state index contributed by atoms with van der Waals surface area (Å²) in [6.45, 7) is 2.73. The first kappa shape index (κ1) is 25.1. The van der Waals surface area contributed by atoms with Gasteiger partial charge in [0.2, 0.25) is 0 Å². The first-order valence-electron chi connectivity index (χ1n) is 11.4. The van der Waals surface area contributed by atoms with Crippen LogP contribution < -0.4 is 11.1 Å². The molecule has 2 atom stereocenters. The Bertz CT molecular complexity index is 866. The van der Waals surface area contributed by atoms with E-state index in [1.54, 1.807) is 6.82 Å². The van der Waals surface area contributed by atoms with Crippen LogP contribution in [-0.4, -0.2) is 77.8 Å². The number of benzene rings is 1. The summed E-state index contributed by atoms with van der Waals surface area (Å²) in [6.07, 6.45) is 2.96. The fourth-order valence-electron chi connectivity index (χ4n) is 4.73. The van der Waals surface area contributed by atoms with Crippen molar-refractivity contribution in [1.29, 1.82) is 0 Å². The smallest absolute Gasteiger partial charge is 0.325 e. The maximum Gasteiger partial charge on any atom is 0.325 e. The van der Waals surface area contributed by atoms with Crippen molar-refractivity contribution in [1.82, 2.24) is 13.9 Å². The number of piperidine rings is 1. The van der Waals surface area contributed by atoms with E-state index in [0.717, 1.165) is 18.7 Å². The molecular weight excluding hydrogens is 431 g/mol. The summed E-state index contributed by atoms with van der Waals surface area (Å²) in [7, 11) is -3.93. The molecule has 2 heterocycles. The van der Waals surface area contributed by atoms with Crippen molar-refractivity contribution in [3.63, 3.8) is 0 Å². The molecule has 0 aliphatic carbocycles. The monoisotopic (exact) mass is 466 g/mol. The van der Waals surface area contributed by atoms with Gasteiger partial charge >= 0.3 is 5.97 Å². The second-order valence-corrected chi connectivity index (χ2v) is 11.0. The quantitative estimate of drug-likeness (QED) is 0.371. The molecule has 9 nitrogen and oxygen atoms in total. The number of aliphatic carboxylic acids is 1. The van der Waals surface area contributed by atoms with Crippen molar-refractivity contribution in [2.45, 2.75) is 57.0 Å². The number of hydrogen-bond acceptors (Lipinski definition) is 6. The molecule has 0 bridgehead atoms. The second-order valence-electron chi connectivity index (χ2n) is 9.13. The Morgan fingerprint density at radius 1 is 1.31 bits per heavy atom. The molecule has 3 rings (SSSR count). The summed E-state index contributed by atoms with van der Waals surface area (Å²) in [5.74, 6) is -1.70. The van der Waals surface area contributed by atoms with Crippen LogP contribution in [0.25, 0.3) is 0 Å². The molecule has 5 N–H and O–H groups in total. The second kappa shape index (κ2) is 10.6. The molecule has 1 aromatic rings. The van der Waals surface area contributed by atoms with Crippen LogP contribution in [0.4, 0.5) is 0 Å². The highest BCUT2D eigenvalue weighted by Gasteiger charge is 2.53. The lowest BCUT2D eigenvalue weighted by molar-refractivity contribution is -0.144. The molecule has 0 amide bonds. The van der Waals surface area contributed by atoms with Gasteiger partial charge < -0.3 is 21.2 Å². The van der Waals surface area contributed by atoms with Gasteiger partial charge in [0.05, 0.1) is 0 Å². The van der Waals surface area contributed by atoms with Crippen LogP contribution in [-0.2, 0) is 21.5 Å². The van der Waals surface area contributed by atoms with Crippen molar-refractivity contribution in [2.24, 2.45) is 11.7 Å². The molecule has 0 aromatic heterocycles. The van der Waals surface area contributed by atoms with Gasteiger partial charge in [0.1, 0.15) is 5.54 Å². The van der Waals surface area contributed by atoms with Crippen LogP contribution in [0.5, 0.6) is 0 Å². The molecule has 0 spiro atoms. The molecule has 1 aromatic carbocycles. The zero-order chi connectivity index (χ0) is 23.4. The van der Waals surface area contributed by atoms with E-state index in [1.807, 2.05) is 30.3 Å². The van der Waals surface area contributed by atoms with E-state index < -0.39 is 34.6 Å². The van der Waals surface area contributed by atoms with Crippen LogP contribution in [0.1, 0.15) is 31.2 Å². The van der Waals surface area contributed by atoms with Crippen molar-refractivity contribution in [3.8, 4) is 0 Å². The lowest BCUT2D eigenvalue weighted by Gasteiger charge is -2.36. The predicted molar refractivity (Wildman–Crippen MR) is 124 cm³/mol. The minimum absolute atomic E-state index is 0.0706. The number of rotatable bonds is 10. The standard InChI is InChI=1S/C21H35BN4O5S/c1-22(29)11-5-8-18-15-25(16-21(18,23)20(27)28)32(30,31)26(19-9-12-24-13-10-19)14-17-6-3-2-4-7-17/h2-4,6-7,18-19,24,29H,5,8-16,23H2,1H3,(H,27,28)/t18-,21-/m0/s1. The Labute approximate surface area is 191 Å². The average Bonchev–Trinajstić information content (AvgIpc) is 3.12. The van der Waals surface area contributed by atoms with E-state index in [4.69, 9.17) is 5.73 Å². The molecule has 2 aliphatic heterocycles. The Balaban J connectivity index is 1.85. The lowest BCUT2D eigenvalue weighted by Crippen LogP contribution is -2.56. The Morgan fingerprint density at radius 3 is 2.56 bits per heavy atom. The summed E-state index contributed by atoms with van der Waals surface area (Å²) in [4.78, 5) is 12.0. The molecule has 32 heavy (non-hydrogen) atoms. The van der Waals surface area contributed by atoms with Gasteiger partial charge in [-0.3, -0.25) is 4.79 Å². The summed E-state index contributed by atoms with van der Waals surface area (Å²) >= 11 is 0. The number of hydrogen-bond donors (Lipinski definition) is 4. The number of carbonyl (C=O) groups is 1. The summed E-state index contributed by atoms with van der Waals surface area (Å²) in [5, 5.41) is 22.6. The summed E-state index contributed by atoms with van der Waals surface area (Å²) in [6, 6.07) is 9.29. The zero-order valence-corrected chi connectivity index (χ0v) is 19.5. The normalized spacial score (nSPS) is 25.3. The number of carboxylic acid groups (broad SMARTS) is 1. The fourth-order valence-corrected chi connectivity index (χ4v) is 6.67. The summed E-state index contributed by atoms with van der Waals surface area (Å²) in [5.41, 5.74) is 5.53. The Morgan fingerprint density at radius 2 is 1.97 bits per heavy atom. The van der Waals surface area contributed by atoms with Crippen LogP contribution in [0, 0.1) is 5.92 Å². The Kier molecular flexibility index (Phi) is 8.34. The third-order valence-corrected chi connectivity index (χ3v) is 8.63. The molecule has 11 heteroatoms. The van der Waals surface area contributed by atoms with Gasteiger partial charge in [-0.2, -0.15) is 17.0 Å². The summed E-state index contributed by atoms with van der Waals surface area (Å²) < 4.78 is 30.4. The minimum atomic E-state index is -3.93. The average molecular weight is 466 g/mol. The van der Waals surface area contributed by atoms with Gasteiger partial charge in [-0.1, -0.05) is 43.6 Å². The van der Waals surface area contributed by atoms with Crippen molar-refractivity contribution < 1.29 is 23.3 Å². The van der Waals surface area contributed by atoms with Gasteiger partial charge in [-0.15, -0.1) is 0 Å². The molecule has 0 saturated carbocycles. The highest BCUT2D eigenvalue weighted by molar-refractivity contribution is 7.86. The first-order chi connectivity index (χ1) is 15.1.